The molecule has 0 atom stereocenters. The highest BCUT2D eigenvalue weighted by Gasteiger charge is 2.16. The quantitative estimate of drug-likeness (QED) is 0.891. The van der Waals surface area contributed by atoms with E-state index in [-0.39, 0.29) is 18.4 Å². The molecule has 2 amide bonds. The molecule has 0 fully saturated rings. The van der Waals surface area contributed by atoms with E-state index in [0.29, 0.717) is 23.5 Å². The highest BCUT2D eigenvalue weighted by molar-refractivity contribution is 7.09. The van der Waals surface area contributed by atoms with Crippen molar-refractivity contribution >= 4 is 34.5 Å². The van der Waals surface area contributed by atoms with E-state index in [1.807, 2.05) is 11.4 Å². The van der Waals surface area contributed by atoms with Crippen LogP contribution in [0.25, 0.3) is 0 Å². The van der Waals surface area contributed by atoms with E-state index in [1.165, 1.54) is 4.88 Å². The van der Waals surface area contributed by atoms with E-state index in [9.17, 15) is 9.59 Å². The monoisotopic (exact) mass is 316 g/mol. The third kappa shape index (κ3) is 3.65. The Kier molecular flexibility index (Phi) is 4.39. The largest absolute Gasteiger partial charge is 0.482 e. The van der Waals surface area contributed by atoms with E-state index < -0.39 is 0 Å². The van der Waals surface area contributed by atoms with Crippen LogP contribution in [0.3, 0.4) is 0 Å². The lowest BCUT2D eigenvalue weighted by Crippen LogP contribution is -2.25. The molecule has 5 nitrogen and oxygen atoms in total. The molecule has 114 valence electrons. The number of amides is 2. The molecule has 0 spiro atoms. The number of hydrogen-bond acceptors (Lipinski definition) is 4. The van der Waals surface area contributed by atoms with Crippen molar-refractivity contribution in [1.82, 2.24) is 0 Å². The third-order valence-electron chi connectivity index (χ3n) is 3.30. The molecule has 2 heterocycles. The number of thiophene rings is 1. The first-order valence-electron chi connectivity index (χ1n) is 7.09. The van der Waals surface area contributed by atoms with Gasteiger partial charge in [0.15, 0.2) is 6.61 Å². The normalized spacial score (nSPS) is 13.0. The number of carbonyl (C=O) groups excluding carboxylic acids is 2. The predicted octanol–water partition coefficient (Wildman–Crippen LogP) is 3.04. The first-order chi connectivity index (χ1) is 10.7. The van der Waals surface area contributed by atoms with Gasteiger partial charge in [-0.05, 0) is 42.5 Å². The minimum atomic E-state index is -0.188. The summed E-state index contributed by atoms with van der Waals surface area (Å²) in [7, 11) is 0. The highest BCUT2D eigenvalue weighted by Crippen LogP contribution is 2.30. The zero-order valence-corrected chi connectivity index (χ0v) is 12.7. The highest BCUT2D eigenvalue weighted by atomic mass is 32.1. The van der Waals surface area contributed by atoms with Gasteiger partial charge >= 0.3 is 0 Å². The second-order valence-electron chi connectivity index (χ2n) is 5.03. The molecule has 1 aliphatic heterocycles. The summed E-state index contributed by atoms with van der Waals surface area (Å²) in [5.74, 6) is 0.404. The molecule has 0 radical (unpaired) electrons. The van der Waals surface area contributed by atoms with Crippen LogP contribution in [0.1, 0.15) is 17.7 Å². The fraction of sp³-hybridized carbons (Fsp3) is 0.250. The molecule has 0 saturated heterocycles. The maximum Gasteiger partial charge on any atom is 0.262 e. The zero-order valence-electron chi connectivity index (χ0n) is 11.9. The Labute approximate surface area is 132 Å². The second-order valence-corrected chi connectivity index (χ2v) is 6.06. The third-order valence-corrected chi connectivity index (χ3v) is 4.24. The van der Waals surface area contributed by atoms with Gasteiger partial charge in [-0.15, -0.1) is 11.3 Å². The second kappa shape index (κ2) is 6.62. The molecule has 1 aromatic heterocycles. The van der Waals surface area contributed by atoms with Crippen LogP contribution < -0.4 is 15.4 Å². The lowest BCUT2D eigenvalue weighted by Gasteiger charge is -2.18. The molecular formula is C16H16N2O3S. The molecule has 2 aromatic rings. The van der Waals surface area contributed by atoms with Crippen molar-refractivity contribution < 1.29 is 14.3 Å². The van der Waals surface area contributed by atoms with Gasteiger partial charge in [0.25, 0.3) is 5.91 Å². The number of ether oxygens (including phenoxy) is 1. The smallest absolute Gasteiger partial charge is 0.262 e. The molecule has 22 heavy (non-hydrogen) atoms. The van der Waals surface area contributed by atoms with Crippen molar-refractivity contribution in [1.29, 1.82) is 0 Å². The number of hydrogen-bond donors (Lipinski definition) is 2. The average molecular weight is 316 g/mol. The standard InChI is InChI=1S/C16H16N2O3S/c19-15(5-1-3-12-4-2-8-22-12)17-11-6-7-14-13(9-11)18-16(20)10-21-14/h2,4,6-9H,1,3,5,10H2,(H,17,19)(H,18,20). The van der Waals surface area contributed by atoms with Gasteiger partial charge in [0.1, 0.15) is 5.75 Å². The van der Waals surface area contributed by atoms with Crippen molar-refractivity contribution in [3.63, 3.8) is 0 Å². The van der Waals surface area contributed by atoms with E-state index in [4.69, 9.17) is 4.74 Å². The van der Waals surface area contributed by atoms with E-state index in [2.05, 4.69) is 16.7 Å². The van der Waals surface area contributed by atoms with Gasteiger partial charge in [0.05, 0.1) is 5.69 Å². The molecule has 1 aliphatic rings. The Morgan fingerprint density at radius 2 is 2.27 bits per heavy atom. The molecule has 1 aromatic carbocycles. The van der Waals surface area contributed by atoms with Crippen molar-refractivity contribution in [2.45, 2.75) is 19.3 Å². The molecular weight excluding hydrogens is 300 g/mol. The summed E-state index contributed by atoms with van der Waals surface area (Å²) in [6.45, 7) is 0.0292. The van der Waals surface area contributed by atoms with E-state index in [1.54, 1.807) is 29.5 Å². The summed E-state index contributed by atoms with van der Waals surface area (Å²) < 4.78 is 5.28. The van der Waals surface area contributed by atoms with Gasteiger partial charge in [-0.2, -0.15) is 0 Å². The van der Waals surface area contributed by atoms with Gasteiger partial charge < -0.3 is 15.4 Å². The van der Waals surface area contributed by atoms with Crippen LogP contribution in [0.4, 0.5) is 11.4 Å². The Balaban J connectivity index is 1.53. The summed E-state index contributed by atoms with van der Waals surface area (Å²) >= 11 is 1.71. The van der Waals surface area contributed by atoms with Crippen molar-refractivity contribution in [3.8, 4) is 5.75 Å². The van der Waals surface area contributed by atoms with Crippen LogP contribution in [-0.2, 0) is 16.0 Å². The zero-order chi connectivity index (χ0) is 15.4. The Hall–Kier alpha value is -2.34. The Morgan fingerprint density at radius 3 is 3.09 bits per heavy atom. The molecule has 0 aliphatic carbocycles. The van der Waals surface area contributed by atoms with Crippen LogP contribution in [0.5, 0.6) is 5.75 Å². The molecule has 0 saturated carbocycles. The van der Waals surface area contributed by atoms with Crippen LogP contribution in [0.2, 0.25) is 0 Å². The minimum Gasteiger partial charge on any atom is -0.482 e. The number of nitrogens with one attached hydrogen (secondary N) is 2. The molecule has 3 rings (SSSR count). The molecule has 6 heteroatoms. The Morgan fingerprint density at radius 1 is 1.36 bits per heavy atom. The lowest BCUT2D eigenvalue weighted by atomic mass is 10.2. The Bertz CT molecular complexity index is 683. The predicted molar refractivity (Wildman–Crippen MR) is 86.5 cm³/mol. The van der Waals surface area contributed by atoms with Gasteiger partial charge in [-0.3, -0.25) is 9.59 Å². The number of rotatable bonds is 5. The molecule has 2 N–H and O–H groups in total. The van der Waals surface area contributed by atoms with Gasteiger partial charge in [-0.25, -0.2) is 0 Å². The lowest BCUT2D eigenvalue weighted by molar-refractivity contribution is -0.118. The van der Waals surface area contributed by atoms with Gasteiger partial charge in [0, 0.05) is 17.0 Å². The van der Waals surface area contributed by atoms with Crippen LogP contribution in [-0.4, -0.2) is 18.4 Å². The summed E-state index contributed by atoms with van der Waals surface area (Å²) in [6, 6.07) is 9.32. The maximum atomic E-state index is 11.9. The van der Waals surface area contributed by atoms with Crippen LogP contribution in [0.15, 0.2) is 35.7 Å². The molecule has 0 unspecified atom stereocenters. The average Bonchev–Trinajstić information content (AvgIpc) is 3.00. The molecule has 0 bridgehead atoms. The first kappa shape index (κ1) is 14.6. The van der Waals surface area contributed by atoms with Crippen LogP contribution in [0, 0.1) is 0 Å². The summed E-state index contributed by atoms with van der Waals surface area (Å²) in [5.41, 5.74) is 1.25. The van der Waals surface area contributed by atoms with Crippen LogP contribution >= 0.6 is 11.3 Å². The van der Waals surface area contributed by atoms with Crippen molar-refractivity contribution in [2.75, 3.05) is 17.2 Å². The maximum absolute atomic E-state index is 11.9. The number of aryl methyl sites for hydroxylation is 1. The first-order valence-corrected chi connectivity index (χ1v) is 7.97. The van der Waals surface area contributed by atoms with Crippen molar-refractivity contribution in [2.24, 2.45) is 0 Å². The topological polar surface area (TPSA) is 67.4 Å². The van der Waals surface area contributed by atoms with E-state index >= 15 is 0 Å². The fourth-order valence-corrected chi connectivity index (χ4v) is 3.01. The summed E-state index contributed by atoms with van der Waals surface area (Å²) in [4.78, 5) is 24.5. The van der Waals surface area contributed by atoms with Gasteiger partial charge in [0.2, 0.25) is 5.91 Å². The van der Waals surface area contributed by atoms with E-state index in [0.717, 1.165) is 12.8 Å². The number of benzene rings is 1. The summed E-state index contributed by atoms with van der Waals surface area (Å²) in [5, 5.41) is 7.61. The number of fused-ring (bicyclic) bond motifs is 1. The fourth-order valence-electron chi connectivity index (χ4n) is 2.26. The minimum absolute atomic E-state index is 0.0282. The number of anilines is 2. The summed E-state index contributed by atoms with van der Waals surface area (Å²) in [6.07, 6.45) is 2.20. The van der Waals surface area contributed by atoms with Gasteiger partial charge in [-0.1, -0.05) is 6.07 Å². The SMILES string of the molecule is O=C(CCCc1cccs1)Nc1ccc2c(c1)NC(=O)CO2. The van der Waals surface area contributed by atoms with Crippen molar-refractivity contribution in [3.05, 3.63) is 40.6 Å². The number of carbonyl (C=O) groups is 2.